The van der Waals surface area contributed by atoms with Crippen molar-refractivity contribution in [2.45, 2.75) is 26.2 Å². The number of aromatic hydroxyl groups is 3. The smallest absolute Gasteiger partial charge is 0.340 e. The van der Waals surface area contributed by atoms with Crippen LogP contribution in [0.25, 0.3) is 10.8 Å². The summed E-state index contributed by atoms with van der Waals surface area (Å²) in [6, 6.07) is 4.92. The van der Waals surface area contributed by atoms with Gasteiger partial charge in [0, 0.05) is 10.8 Å². The molecule has 0 heterocycles. The minimum absolute atomic E-state index is 0.199. The van der Waals surface area contributed by atoms with Crippen molar-refractivity contribution < 1.29 is 25.2 Å². The van der Waals surface area contributed by atoms with E-state index in [2.05, 4.69) is 0 Å². The molecule has 0 amide bonds. The number of carboxylic acid groups (broad SMARTS) is 1. The summed E-state index contributed by atoms with van der Waals surface area (Å²) in [5, 5.41) is 39.2. The number of rotatable bonds is 1. The molecule has 20 heavy (non-hydrogen) atoms. The molecule has 4 N–H and O–H groups in total. The molecule has 0 atom stereocenters. The van der Waals surface area contributed by atoms with E-state index in [-0.39, 0.29) is 16.2 Å². The molecule has 0 aliphatic heterocycles. The maximum Gasteiger partial charge on any atom is 0.340 e. The molecule has 106 valence electrons. The van der Waals surface area contributed by atoms with E-state index in [1.165, 1.54) is 6.07 Å². The Morgan fingerprint density at radius 1 is 1.00 bits per heavy atom. The van der Waals surface area contributed by atoms with Gasteiger partial charge in [-0.15, -0.1) is 0 Å². The zero-order valence-corrected chi connectivity index (χ0v) is 11.4. The summed E-state index contributed by atoms with van der Waals surface area (Å²) in [6.45, 7) is 5.69. The van der Waals surface area contributed by atoms with Gasteiger partial charge in [-0.05, 0) is 11.0 Å². The van der Waals surface area contributed by atoms with Gasteiger partial charge in [-0.2, -0.15) is 0 Å². The molecule has 0 unspecified atom stereocenters. The van der Waals surface area contributed by atoms with Crippen molar-refractivity contribution in [3.63, 3.8) is 0 Å². The van der Waals surface area contributed by atoms with Gasteiger partial charge in [0.15, 0.2) is 11.5 Å². The average Bonchev–Trinajstić information content (AvgIpc) is 2.34. The van der Waals surface area contributed by atoms with Crippen LogP contribution in [0.15, 0.2) is 18.2 Å². The van der Waals surface area contributed by atoms with Crippen molar-refractivity contribution in [1.29, 1.82) is 0 Å². The molecule has 0 fully saturated rings. The quantitative estimate of drug-likeness (QED) is 0.600. The van der Waals surface area contributed by atoms with E-state index in [0.29, 0.717) is 5.56 Å². The number of carboxylic acids is 1. The van der Waals surface area contributed by atoms with Crippen molar-refractivity contribution in [3.8, 4) is 17.2 Å². The molecular formula is C15H16O5. The second-order valence-corrected chi connectivity index (χ2v) is 5.70. The molecule has 5 heteroatoms. The molecule has 5 nitrogen and oxygen atoms in total. The summed E-state index contributed by atoms with van der Waals surface area (Å²) in [5.74, 6) is -3.52. The van der Waals surface area contributed by atoms with Gasteiger partial charge in [0.05, 0.1) is 0 Å². The minimum Gasteiger partial charge on any atom is -0.504 e. The number of phenols is 3. The van der Waals surface area contributed by atoms with Crippen LogP contribution in [0, 0.1) is 0 Å². The van der Waals surface area contributed by atoms with Crippen molar-refractivity contribution in [3.05, 3.63) is 29.3 Å². The van der Waals surface area contributed by atoms with Gasteiger partial charge < -0.3 is 20.4 Å². The van der Waals surface area contributed by atoms with Crippen molar-refractivity contribution >= 4 is 16.7 Å². The fourth-order valence-electron chi connectivity index (χ4n) is 2.33. The molecule has 0 radical (unpaired) electrons. The molecule has 0 aromatic heterocycles. The van der Waals surface area contributed by atoms with Gasteiger partial charge in [-0.1, -0.05) is 39.0 Å². The maximum atomic E-state index is 11.4. The fraction of sp³-hybridized carbons (Fsp3) is 0.267. The van der Waals surface area contributed by atoms with Crippen LogP contribution in [0.2, 0.25) is 0 Å². The first kappa shape index (κ1) is 14.0. The second-order valence-electron chi connectivity index (χ2n) is 5.70. The summed E-state index contributed by atoms with van der Waals surface area (Å²) in [5.41, 5.74) is -0.127. The highest BCUT2D eigenvalue weighted by molar-refractivity contribution is 6.11. The Kier molecular flexibility index (Phi) is 3.01. The van der Waals surface area contributed by atoms with E-state index in [9.17, 15) is 25.2 Å². The van der Waals surface area contributed by atoms with Crippen molar-refractivity contribution in [2.24, 2.45) is 0 Å². The van der Waals surface area contributed by atoms with Crippen LogP contribution >= 0.6 is 0 Å². The highest BCUT2D eigenvalue weighted by Crippen LogP contribution is 2.47. The monoisotopic (exact) mass is 276 g/mol. The third-order valence-corrected chi connectivity index (χ3v) is 3.28. The van der Waals surface area contributed by atoms with Gasteiger partial charge in [0.1, 0.15) is 5.56 Å². The Hall–Kier alpha value is -2.43. The van der Waals surface area contributed by atoms with Gasteiger partial charge in [-0.25, -0.2) is 4.79 Å². The lowest BCUT2D eigenvalue weighted by Crippen LogP contribution is -2.13. The third-order valence-electron chi connectivity index (χ3n) is 3.28. The molecule has 0 saturated carbocycles. The lowest BCUT2D eigenvalue weighted by atomic mass is 9.82. The molecule has 0 spiro atoms. The van der Waals surface area contributed by atoms with Crippen LogP contribution in [0.4, 0.5) is 0 Å². The fourth-order valence-corrected chi connectivity index (χ4v) is 2.33. The molecule has 2 aromatic rings. The molecule has 2 aromatic carbocycles. The van der Waals surface area contributed by atoms with E-state index >= 15 is 0 Å². The molecule has 0 aliphatic carbocycles. The SMILES string of the molecule is CC(C)(C)c1cccc2c(O)c(O)c(O)c(C(=O)O)c12. The van der Waals surface area contributed by atoms with E-state index < -0.39 is 28.8 Å². The van der Waals surface area contributed by atoms with E-state index in [1.54, 1.807) is 12.1 Å². The lowest BCUT2D eigenvalue weighted by molar-refractivity contribution is 0.0695. The van der Waals surface area contributed by atoms with Crippen molar-refractivity contribution in [2.75, 3.05) is 0 Å². The van der Waals surface area contributed by atoms with Crippen LogP contribution in [0.3, 0.4) is 0 Å². The number of fused-ring (bicyclic) bond motifs is 1. The number of hydrogen-bond acceptors (Lipinski definition) is 4. The third kappa shape index (κ3) is 1.91. The Bertz CT molecular complexity index is 711. The number of aromatic carboxylic acids is 1. The number of carbonyl (C=O) groups is 1. The summed E-state index contributed by atoms with van der Waals surface area (Å²) < 4.78 is 0. The van der Waals surface area contributed by atoms with Gasteiger partial charge in [0.25, 0.3) is 0 Å². The molecule has 0 bridgehead atoms. The lowest BCUT2D eigenvalue weighted by Gasteiger charge is -2.23. The van der Waals surface area contributed by atoms with E-state index in [4.69, 9.17) is 0 Å². The van der Waals surface area contributed by atoms with Crippen molar-refractivity contribution in [1.82, 2.24) is 0 Å². The minimum atomic E-state index is -1.36. The van der Waals surface area contributed by atoms with Crippen LogP contribution in [-0.2, 0) is 5.41 Å². The number of benzene rings is 2. The van der Waals surface area contributed by atoms with Crippen LogP contribution < -0.4 is 0 Å². The largest absolute Gasteiger partial charge is 0.504 e. The summed E-state index contributed by atoms with van der Waals surface area (Å²) in [6.07, 6.45) is 0. The molecule has 0 aliphatic rings. The van der Waals surface area contributed by atoms with Crippen LogP contribution in [0.1, 0.15) is 36.7 Å². The Morgan fingerprint density at radius 3 is 2.10 bits per heavy atom. The topological polar surface area (TPSA) is 98.0 Å². The predicted molar refractivity (Wildman–Crippen MR) is 74.6 cm³/mol. The number of phenolic OH excluding ortho intramolecular Hbond substituents is 2. The average molecular weight is 276 g/mol. The second kappa shape index (κ2) is 4.30. The maximum absolute atomic E-state index is 11.4. The summed E-state index contributed by atoms with van der Waals surface area (Å²) in [4.78, 5) is 11.4. The zero-order chi connectivity index (χ0) is 15.2. The summed E-state index contributed by atoms with van der Waals surface area (Å²) >= 11 is 0. The first-order valence-electron chi connectivity index (χ1n) is 6.09. The first-order chi connectivity index (χ1) is 9.16. The molecular weight excluding hydrogens is 260 g/mol. The summed E-state index contributed by atoms with van der Waals surface area (Å²) in [7, 11) is 0. The van der Waals surface area contributed by atoms with Crippen LogP contribution in [-0.4, -0.2) is 26.4 Å². The highest BCUT2D eigenvalue weighted by atomic mass is 16.4. The zero-order valence-electron chi connectivity index (χ0n) is 11.4. The van der Waals surface area contributed by atoms with E-state index in [0.717, 1.165) is 0 Å². The van der Waals surface area contributed by atoms with Crippen LogP contribution in [0.5, 0.6) is 17.2 Å². The van der Waals surface area contributed by atoms with Gasteiger partial charge >= 0.3 is 5.97 Å². The van der Waals surface area contributed by atoms with Gasteiger partial charge in [0.2, 0.25) is 5.75 Å². The first-order valence-corrected chi connectivity index (χ1v) is 6.09. The highest BCUT2D eigenvalue weighted by Gasteiger charge is 2.27. The Labute approximate surface area is 115 Å². The molecule has 2 rings (SSSR count). The number of hydrogen-bond donors (Lipinski definition) is 4. The predicted octanol–water partition coefficient (Wildman–Crippen LogP) is 2.95. The van der Waals surface area contributed by atoms with E-state index in [1.807, 2.05) is 20.8 Å². The Morgan fingerprint density at radius 2 is 1.60 bits per heavy atom. The standard InChI is InChI=1S/C15H16O5/c1-15(2,3)8-6-4-5-7-9(8)10(14(19)20)12(17)13(18)11(7)16/h4-6,16-18H,1-3H3,(H,19,20). The van der Waals surface area contributed by atoms with Gasteiger partial charge in [-0.3, -0.25) is 0 Å². The normalized spacial score (nSPS) is 11.8. The molecule has 0 saturated heterocycles. The Balaban J connectivity index is 3.12.